The fourth-order valence-electron chi connectivity index (χ4n) is 3.72. The monoisotopic (exact) mass is 489 g/mol. The van der Waals surface area contributed by atoms with Crippen LogP contribution in [0.3, 0.4) is 0 Å². The van der Waals surface area contributed by atoms with Crippen LogP contribution in [-0.4, -0.2) is 50.1 Å². The molecule has 10 heteroatoms. The number of benzene rings is 2. The highest BCUT2D eigenvalue weighted by molar-refractivity contribution is 7.89. The van der Waals surface area contributed by atoms with E-state index in [0.29, 0.717) is 31.6 Å². The number of sulfonamides is 1. The third-order valence-corrected chi connectivity index (χ3v) is 7.33. The van der Waals surface area contributed by atoms with Gasteiger partial charge in [-0.05, 0) is 43.4 Å². The first kappa shape index (κ1) is 25.5. The van der Waals surface area contributed by atoms with Crippen LogP contribution in [0.2, 0.25) is 0 Å². The van der Waals surface area contributed by atoms with Crippen LogP contribution in [0.1, 0.15) is 38.2 Å². The Hall–Kier alpha value is -3.11. The molecule has 2 amide bonds. The minimum atomic E-state index is -3.94. The third-order valence-electron chi connectivity index (χ3n) is 5.45. The fourth-order valence-corrected chi connectivity index (χ4v) is 5.33. The number of hydrogen-bond acceptors (Lipinski definition) is 6. The largest absolute Gasteiger partial charge is 0.494 e. The molecule has 3 N–H and O–H groups in total. The first-order chi connectivity index (χ1) is 16.3. The molecule has 2 aromatic rings. The van der Waals surface area contributed by atoms with Crippen molar-refractivity contribution >= 4 is 22.0 Å². The molecule has 0 spiro atoms. The number of nitrogens with two attached hydrogens (primary N) is 1. The van der Waals surface area contributed by atoms with Crippen molar-refractivity contribution in [3.63, 3.8) is 0 Å². The number of hydrogen-bond donors (Lipinski definition) is 2. The topological polar surface area (TPSA) is 128 Å². The van der Waals surface area contributed by atoms with Gasteiger partial charge >= 0.3 is 6.09 Å². The second-order valence-corrected chi connectivity index (χ2v) is 9.97. The van der Waals surface area contributed by atoms with E-state index in [9.17, 15) is 18.0 Å². The third kappa shape index (κ3) is 6.71. The van der Waals surface area contributed by atoms with E-state index in [4.69, 9.17) is 15.2 Å². The van der Waals surface area contributed by atoms with Crippen molar-refractivity contribution in [2.75, 3.05) is 13.2 Å². The number of nitrogens with one attached hydrogen (secondary N) is 1. The minimum absolute atomic E-state index is 0.0658. The van der Waals surface area contributed by atoms with Crippen LogP contribution in [0, 0.1) is 0 Å². The molecule has 1 aliphatic rings. The van der Waals surface area contributed by atoms with Gasteiger partial charge in [-0.15, -0.1) is 0 Å². The number of rotatable bonds is 10. The first-order valence-electron chi connectivity index (χ1n) is 11.4. The summed E-state index contributed by atoms with van der Waals surface area (Å²) in [5, 5.41) is 2.48. The lowest BCUT2D eigenvalue weighted by Crippen LogP contribution is -2.50. The summed E-state index contributed by atoms with van der Waals surface area (Å²) in [6, 6.07) is 14.4. The van der Waals surface area contributed by atoms with E-state index in [-0.39, 0.29) is 17.9 Å². The van der Waals surface area contributed by atoms with Gasteiger partial charge in [0.25, 0.3) is 0 Å². The molecule has 1 fully saturated rings. The number of primary amides is 1. The van der Waals surface area contributed by atoms with Crippen LogP contribution in [-0.2, 0) is 26.0 Å². The molecule has 0 radical (unpaired) electrons. The molecule has 34 heavy (non-hydrogen) atoms. The Morgan fingerprint density at radius 2 is 1.91 bits per heavy atom. The summed E-state index contributed by atoms with van der Waals surface area (Å²) < 4.78 is 39.0. The Kier molecular flexibility index (Phi) is 8.89. The fraction of sp³-hybridized carbons (Fsp3) is 0.417. The average molecular weight is 490 g/mol. The van der Waals surface area contributed by atoms with Gasteiger partial charge in [0.2, 0.25) is 15.9 Å². The number of nitrogens with zero attached hydrogens (tertiary/aromatic N) is 1. The van der Waals surface area contributed by atoms with Gasteiger partial charge < -0.3 is 20.5 Å². The van der Waals surface area contributed by atoms with Crippen molar-refractivity contribution in [3.05, 3.63) is 60.2 Å². The SMILES string of the molecule is CCCOc1cccc(S(=O)(=O)N2CCCC[C@@H]2OC(=O)N[C@@H](Cc2ccccc2)C(N)=O)c1. The Labute approximate surface area is 200 Å². The summed E-state index contributed by atoms with van der Waals surface area (Å²) in [6.07, 6.45) is 0.791. The van der Waals surface area contributed by atoms with Gasteiger partial charge in [0.15, 0.2) is 6.23 Å². The van der Waals surface area contributed by atoms with Crippen molar-refractivity contribution in [1.29, 1.82) is 0 Å². The summed E-state index contributed by atoms with van der Waals surface area (Å²) in [7, 11) is -3.94. The molecule has 0 bridgehead atoms. The molecule has 2 atom stereocenters. The van der Waals surface area contributed by atoms with Gasteiger partial charge in [0.1, 0.15) is 11.8 Å². The molecule has 1 heterocycles. The van der Waals surface area contributed by atoms with E-state index in [1.54, 1.807) is 12.1 Å². The van der Waals surface area contributed by atoms with Crippen LogP contribution in [0.25, 0.3) is 0 Å². The average Bonchev–Trinajstić information content (AvgIpc) is 2.83. The summed E-state index contributed by atoms with van der Waals surface area (Å²) in [4.78, 5) is 24.6. The zero-order chi connectivity index (χ0) is 24.6. The Balaban J connectivity index is 1.71. The highest BCUT2D eigenvalue weighted by Crippen LogP contribution is 2.28. The predicted octanol–water partition coefficient (Wildman–Crippen LogP) is 2.80. The second kappa shape index (κ2) is 11.8. The predicted molar refractivity (Wildman–Crippen MR) is 127 cm³/mol. The quantitative estimate of drug-likeness (QED) is 0.528. The first-order valence-corrected chi connectivity index (χ1v) is 12.8. The lowest BCUT2D eigenvalue weighted by Gasteiger charge is -2.34. The number of piperidine rings is 1. The highest BCUT2D eigenvalue weighted by atomic mass is 32.2. The van der Waals surface area contributed by atoms with E-state index in [0.717, 1.165) is 12.0 Å². The Bertz CT molecular complexity index is 1080. The number of ether oxygens (including phenoxy) is 2. The van der Waals surface area contributed by atoms with Crippen LogP contribution in [0.5, 0.6) is 5.75 Å². The maximum atomic E-state index is 13.4. The molecular formula is C24H31N3O6S. The standard InChI is InChI=1S/C24H31N3O6S/c1-2-15-32-19-11-8-12-20(17-19)34(30,31)27-14-7-6-13-22(27)33-24(29)26-21(23(25)28)16-18-9-4-3-5-10-18/h3-5,8-12,17,21-22H,2,6-7,13-16H2,1H3,(H2,25,28)(H,26,29)/t21-,22-/m0/s1. The zero-order valence-corrected chi connectivity index (χ0v) is 20.0. The Morgan fingerprint density at radius 1 is 1.15 bits per heavy atom. The zero-order valence-electron chi connectivity index (χ0n) is 19.2. The maximum absolute atomic E-state index is 13.4. The number of amides is 2. The minimum Gasteiger partial charge on any atom is -0.494 e. The van der Waals surface area contributed by atoms with Crippen molar-refractivity contribution in [2.45, 2.75) is 56.2 Å². The van der Waals surface area contributed by atoms with E-state index in [1.165, 1.54) is 16.4 Å². The smallest absolute Gasteiger partial charge is 0.409 e. The molecule has 0 aliphatic carbocycles. The van der Waals surface area contributed by atoms with E-state index < -0.39 is 34.3 Å². The number of carbonyl (C=O) groups excluding carboxylic acids is 2. The molecule has 9 nitrogen and oxygen atoms in total. The summed E-state index contributed by atoms with van der Waals surface area (Å²) in [5.74, 6) is -0.252. The van der Waals surface area contributed by atoms with Crippen LogP contribution < -0.4 is 15.8 Å². The summed E-state index contributed by atoms with van der Waals surface area (Å²) >= 11 is 0. The highest BCUT2D eigenvalue weighted by Gasteiger charge is 2.36. The molecule has 184 valence electrons. The molecular weight excluding hydrogens is 458 g/mol. The van der Waals surface area contributed by atoms with Crippen LogP contribution in [0.15, 0.2) is 59.5 Å². The molecule has 0 unspecified atom stereocenters. The maximum Gasteiger partial charge on any atom is 0.409 e. The van der Waals surface area contributed by atoms with Gasteiger partial charge in [-0.3, -0.25) is 4.79 Å². The van der Waals surface area contributed by atoms with Crippen molar-refractivity contribution in [2.24, 2.45) is 5.73 Å². The van der Waals surface area contributed by atoms with Gasteiger partial charge in [0.05, 0.1) is 11.5 Å². The van der Waals surface area contributed by atoms with E-state index in [1.807, 2.05) is 37.3 Å². The van der Waals surface area contributed by atoms with Gasteiger partial charge in [-0.2, -0.15) is 4.31 Å². The lowest BCUT2D eigenvalue weighted by atomic mass is 10.1. The molecule has 1 saturated heterocycles. The molecule has 3 rings (SSSR count). The molecule has 1 aliphatic heterocycles. The molecule has 0 saturated carbocycles. The second-order valence-electron chi connectivity index (χ2n) is 8.08. The van der Waals surface area contributed by atoms with E-state index in [2.05, 4.69) is 5.32 Å². The number of carbonyl (C=O) groups is 2. The van der Waals surface area contributed by atoms with Gasteiger partial charge in [-0.1, -0.05) is 43.3 Å². The number of alkyl carbamates (subject to hydrolysis) is 1. The van der Waals surface area contributed by atoms with Crippen LogP contribution >= 0.6 is 0 Å². The molecule has 2 aromatic carbocycles. The van der Waals surface area contributed by atoms with Gasteiger partial charge in [0, 0.05) is 19.0 Å². The van der Waals surface area contributed by atoms with Crippen molar-refractivity contribution in [1.82, 2.24) is 9.62 Å². The summed E-state index contributed by atoms with van der Waals surface area (Å²) in [6.45, 7) is 2.65. The summed E-state index contributed by atoms with van der Waals surface area (Å²) in [5.41, 5.74) is 6.28. The Morgan fingerprint density at radius 3 is 2.62 bits per heavy atom. The van der Waals surface area contributed by atoms with Crippen LogP contribution in [0.4, 0.5) is 4.79 Å². The lowest BCUT2D eigenvalue weighted by molar-refractivity contribution is -0.120. The van der Waals surface area contributed by atoms with Crippen molar-refractivity contribution in [3.8, 4) is 5.75 Å². The van der Waals surface area contributed by atoms with E-state index >= 15 is 0 Å². The normalized spacial score (nSPS) is 17.5. The van der Waals surface area contributed by atoms with Crippen molar-refractivity contribution < 1.29 is 27.5 Å². The van der Waals surface area contributed by atoms with Gasteiger partial charge in [-0.25, -0.2) is 13.2 Å². The molecule has 0 aromatic heterocycles.